The number of nitrogens with two attached hydrogens (primary N) is 1. The third kappa shape index (κ3) is 3.96. The van der Waals surface area contributed by atoms with Gasteiger partial charge in [0.15, 0.2) is 0 Å². The molecular weight excluding hydrogens is 289 g/mol. The Balaban J connectivity index is 3.00. The number of rotatable bonds is 6. The Morgan fingerprint density at radius 3 is 2.32 bits per heavy atom. The molecule has 0 radical (unpaired) electrons. The van der Waals surface area contributed by atoms with Crippen LogP contribution in [-0.4, -0.2) is 17.0 Å². The number of nitrogens with zero attached hydrogens (tertiary/aromatic N) is 1. The van der Waals surface area contributed by atoms with Crippen molar-refractivity contribution in [2.75, 3.05) is 11.9 Å². The molecule has 0 aliphatic heterocycles. The largest absolute Gasteiger partial charge is 0.378 e. The molecular formula is C12H17Cl2N3O2. The van der Waals surface area contributed by atoms with E-state index in [1.54, 1.807) is 0 Å². The minimum atomic E-state index is -0.499. The molecule has 0 aliphatic carbocycles. The maximum absolute atomic E-state index is 11.0. The molecule has 19 heavy (non-hydrogen) atoms. The molecule has 106 valence electrons. The standard InChI is InChI=1S/C12H17Cl2N3O2/c1-3-12(15,4-2)7-16-10-5-8(13)9(14)6-11(10)17(18)19/h5-6,16H,3-4,7,15H2,1-2H3. The van der Waals surface area contributed by atoms with Crippen LogP contribution in [0.2, 0.25) is 10.0 Å². The predicted molar refractivity (Wildman–Crippen MR) is 79.1 cm³/mol. The maximum Gasteiger partial charge on any atom is 0.293 e. The number of hydrogen-bond donors (Lipinski definition) is 2. The number of halogens is 2. The fourth-order valence-corrected chi connectivity index (χ4v) is 1.92. The molecule has 0 aromatic heterocycles. The lowest BCUT2D eigenvalue weighted by molar-refractivity contribution is -0.383. The van der Waals surface area contributed by atoms with E-state index >= 15 is 0 Å². The molecule has 1 rings (SSSR count). The molecule has 1 aromatic rings. The second kappa shape index (κ2) is 6.41. The Morgan fingerprint density at radius 2 is 1.84 bits per heavy atom. The Bertz CT molecular complexity index is 476. The van der Waals surface area contributed by atoms with Crippen LogP contribution in [0.1, 0.15) is 26.7 Å². The first-order valence-corrected chi connectivity index (χ1v) is 6.74. The summed E-state index contributed by atoms with van der Waals surface area (Å²) in [4.78, 5) is 10.5. The van der Waals surface area contributed by atoms with Gasteiger partial charge in [-0.05, 0) is 18.9 Å². The second-order valence-corrected chi connectivity index (χ2v) is 5.28. The van der Waals surface area contributed by atoms with Crippen molar-refractivity contribution < 1.29 is 4.92 Å². The molecule has 0 heterocycles. The van der Waals surface area contributed by atoms with E-state index in [2.05, 4.69) is 5.32 Å². The van der Waals surface area contributed by atoms with Gasteiger partial charge in [0.1, 0.15) is 5.69 Å². The van der Waals surface area contributed by atoms with Crippen molar-refractivity contribution in [3.8, 4) is 0 Å². The van der Waals surface area contributed by atoms with Crippen LogP contribution >= 0.6 is 23.2 Å². The van der Waals surface area contributed by atoms with Gasteiger partial charge in [-0.1, -0.05) is 37.0 Å². The van der Waals surface area contributed by atoms with Crippen molar-refractivity contribution in [2.45, 2.75) is 32.2 Å². The highest BCUT2D eigenvalue weighted by molar-refractivity contribution is 6.42. The highest BCUT2D eigenvalue weighted by Gasteiger charge is 2.23. The van der Waals surface area contributed by atoms with E-state index in [9.17, 15) is 10.1 Å². The SMILES string of the molecule is CCC(N)(CC)CNc1cc(Cl)c(Cl)cc1[N+](=O)[O-]. The molecule has 0 amide bonds. The molecule has 0 atom stereocenters. The van der Waals surface area contributed by atoms with Crippen LogP contribution in [0.15, 0.2) is 12.1 Å². The average Bonchev–Trinajstić information content (AvgIpc) is 2.39. The van der Waals surface area contributed by atoms with Gasteiger partial charge < -0.3 is 11.1 Å². The minimum absolute atomic E-state index is 0.107. The summed E-state index contributed by atoms with van der Waals surface area (Å²) >= 11 is 11.7. The first-order chi connectivity index (χ1) is 8.83. The summed E-state index contributed by atoms with van der Waals surface area (Å²) in [7, 11) is 0. The fraction of sp³-hybridized carbons (Fsp3) is 0.500. The number of nitro groups is 1. The molecule has 0 aliphatic rings. The summed E-state index contributed by atoms with van der Waals surface area (Å²) in [6.07, 6.45) is 1.54. The highest BCUT2D eigenvalue weighted by atomic mass is 35.5. The third-order valence-corrected chi connectivity index (χ3v) is 4.00. The van der Waals surface area contributed by atoms with E-state index in [1.807, 2.05) is 13.8 Å². The topological polar surface area (TPSA) is 81.2 Å². The van der Waals surface area contributed by atoms with Gasteiger partial charge in [-0.3, -0.25) is 10.1 Å². The quantitative estimate of drug-likeness (QED) is 0.618. The van der Waals surface area contributed by atoms with E-state index in [-0.39, 0.29) is 15.7 Å². The second-order valence-electron chi connectivity index (χ2n) is 4.46. The van der Waals surface area contributed by atoms with Gasteiger partial charge in [0.05, 0.1) is 15.0 Å². The lowest BCUT2D eigenvalue weighted by Crippen LogP contribution is -2.45. The van der Waals surface area contributed by atoms with Gasteiger partial charge in [-0.2, -0.15) is 0 Å². The Kier molecular flexibility index (Phi) is 5.40. The number of nitrogens with one attached hydrogen (secondary N) is 1. The number of benzene rings is 1. The third-order valence-electron chi connectivity index (χ3n) is 3.27. The highest BCUT2D eigenvalue weighted by Crippen LogP contribution is 2.34. The van der Waals surface area contributed by atoms with Crippen molar-refractivity contribution in [3.63, 3.8) is 0 Å². The monoisotopic (exact) mass is 305 g/mol. The maximum atomic E-state index is 11.0. The van der Waals surface area contributed by atoms with Crippen LogP contribution in [0.25, 0.3) is 0 Å². The van der Waals surface area contributed by atoms with E-state index in [0.29, 0.717) is 12.2 Å². The summed E-state index contributed by atoms with van der Waals surface area (Å²) in [6, 6.07) is 2.69. The summed E-state index contributed by atoms with van der Waals surface area (Å²) < 4.78 is 0. The molecule has 0 spiro atoms. The zero-order chi connectivity index (χ0) is 14.6. The zero-order valence-corrected chi connectivity index (χ0v) is 12.4. The molecule has 0 unspecified atom stereocenters. The van der Waals surface area contributed by atoms with Gasteiger partial charge >= 0.3 is 0 Å². The van der Waals surface area contributed by atoms with Crippen molar-refractivity contribution in [2.24, 2.45) is 5.73 Å². The van der Waals surface area contributed by atoms with Crippen LogP contribution in [-0.2, 0) is 0 Å². The van der Waals surface area contributed by atoms with Crippen molar-refractivity contribution >= 4 is 34.6 Å². The molecule has 1 aromatic carbocycles. The van der Waals surface area contributed by atoms with E-state index in [4.69, 9.17) is 28.9 Å². The molecule has 7 heteroatoms. The number of anilines is 1. The van der Waals surface area contributed by atoms with Crippen LogP contribution in [0.3, 0.4) is 0 Å². The van der Waals surface area contributed by atoms with Gasteiger partial charge in [0.2, 0.25) is 0 Å². The molecule has 0 saturated heterocycles. The number of hydrogen-bond acceptors (Lipinski definition) is 4. The summed E-state index contributed by atoms with van der Waals surface area (Å²) in [6.45, 7) is 4.39. The lowest BCUT2D eigenvalue weighted by Gasteiger charge is -2.27. The molecule has 0 bridgehead atoms. The zero-order valence-electron chi connectivity index (χ0n) is 10.9. The van der Waals surface area contributed by atoms with Crippen LogP contribution < -0.4 is 11.1 Å². The van der Waals surface area contributed by atoms with Gasteiger partial charge in [-0.25, -0.2) is 0 Å². The Hall–Kier alpha value is -1.04. The van der Waals surface area contributed by atoms with Crippen molar-refractivity contribution in [3.05, 3.63) is 32.3 Å². The Labute approximate surface area is 122 Å². The molecule has 0 fully saturated rings. The van der Waals surface area contributed by atoms with Crippen LogP contribution in [0, 0.1) is 10.1 Å². The minimum Gasteiger partial charge on any atom is -0.378 e. The van der Waals surface area contributed by atoms with Crippen molar-refractivity contribution in [1.82, 2.24) is 0 Å². The lowest BCUT2D eigenvalue weighted by atomic mass is 9.94. The fourth-order valence-electron chi connectivity index (χ4n) is 1.60. The van der Waals surface area contributed by atoms with Gasteiger partial charge in [0.25, 0.3) is 5.69 Å². The van der Waals surface area contributed by atoms with Gasteiger partial charge in [0, 0.05) is 18.2 Å². The Morgan fingerprint density at radius 1 is 1.32 bits per heavy atom. The van der Waals surface area contributed by atoms with E-state index in [0.717, 1.165) is 12.8 Å². The first kappa shape index (κ1) is 16.0. The molecule has 0 saturated carbocycles. The average molecular weight is 306 g/mol. The molecule has 5 nitrogen and oxygen atoms in total. The normalized spacial score (nSPS) is 11.4. The smallest absolute Gasteiger partial charge is 0.293 e. The summed E-state index contributed by atoms with van der Waals surface area (Å²) in [5.41, 5.74) is 5.97. The summed E-state index contributed by atoms with van der Waals surface area (Å²) in [5.74, 6) is 0. The molecule has 3 N–H and O–H groups in total. The number of nitro benzene ring substituents is 1. The summed E-state index contributed by atoms with van der Waals surface area (Å²) in [5, 5.41) is 14.4. The van der Waals surface area contributed by atoms with Gasteiger partial charge in [-0.15, -0.1) is 0 Å². The van der Waals surface area contributed by atoms with Crippen molar-refractivity contribution in [1.29, 1.82) is 0 Å². The van der Waals surface area contributed by atoms with Crippen LogP contribution in [0.5, 0.6) is 0 Å². The predicted octanol–water partition coefficient (Wildman–Crippen LogP) is 3.83. The first-order valence-electron chi connectivity index (χ1n) is 5.99. The van der Waals surface area contributed by atoms with Crippen LogP contribution in [0.4, 0.5) is 11.4 Å². The van der Waals surface area contributed by atoms with E-state index < -0.39 is 10.5 Å². The van der Waals surface area contributed by atoms with E-state index in [1.165, 1.54) is 12.1 Å².